The highest BCUT2D eigenvalue weighted by Gasteiger charge is 2.22. The van der Waals surface area contributed by atoms with Gasteiger partial charge in [-0.2, -0.15) is 11.8 Å². The minimum atomic E-state index is -0.654. The summed E-state index contributed by atoms with van der Waals surface area (Å²) in [6, 6.07) is 15.3. The zero-order chi connectivity index (χ0) is 27.0. The molecule has 0 bridgehead atoms. The van der Waals surface area contributed by atoms with Gasteiger partial charge in [-0.15, -0.1) is 6.58 Å². The van der Waals surface area contributed by atoms with Gasteiger partial charge in [0.05, 0.1) is 15.7 Å². The number of hydrogen-bond donors (Lipinski definition) is 3. The van der Waals surface area contributed by atoms with E-state index in [0.29, 0.717) is 36.0 Å². The molecule has 2 amide bonds. The van der Waals surface area contributed by atoms with Crippen molar-refractivity contribution in [1.29, 1.82) is 0 Å². The molecule has 0 radical (unpaired) electrons. The maximum atomic E-state index is 13.1. The van der Waals surface area contributed by atoms with E-state index in [1.165, 1.54) is 35.4 Å². The van der Waals surface area contributed by atoms with Gasteiger partial charge >= 0.3 is 0 Å². The summed E-state index contributed by atoms with van der Waals surface area (Å²) in [6.45, 7) is 4.42. The smallest absolute Gasteiger partial charge is 0.249 e. The summed E-state index contributed by atoms with van der Waals surface area (Å²) in [6.07, 6.45) is 7.18. The third-order valence-corrected chi connectivity index (χ3v) is 8.74. The molecule has 5 rings (SSSR count). The van der Waals surface area contributed by atoms with Crippen LogP contribution < -0.4 is 16.0 Å². The number of thiazole rings is 1. The Morgan fingerprint density at radius 1 is 1.05 bits per heavy atom. The molecule has 1 unspecified atom stereocenters. The molecule has 1 aliphatic carbocycles. The lowest BCUT2D eigenvalue weighted by atomic mass is 9.92. The minimum absolute atomic E-state index is 0.137. The number of pyridine rings is 1. The molecule has 0 fully saturated rings. The lowest BCUT2D eigenvalue weighted by molar-refractivity contribution is -0.126. The third-order valence-electron chi connectivity index (χ3n) is 6.75. The molecule has 202 valence electrons. The van der Waals surface area contributed by atoms with Gasteiger partial charge in [0.15, 0.2) is 5.13 Å². The number of benzene rings is 2. The van der Waals surface area contributed by atoms with Crippen LogP contribution in [0.5, 0.6) is 0 Å². The highest BCUT2D eigenvalue weighted by atomic mass is 32.2. The predicted molar refractivity (Wildman–Crippen MR) is 164 cm³/mol. The molecule has 7 nitrogen and oxygen atoms in total. The number of aromatic nitrogens is 2. The molecule has 1 atom stereocenters. The van der Waals surface area contributed by atoms with Crippen LogP contribution in [0.25, 0.3) is 21.1 Å². The molecule has 0 saturated heterocycles. The number of anilines is 2. The molecule has 4 aromatic rings. The normalized spacial score (nSPS) is 13.5. The van der Waals surface area contributed by atoms with Crippen molar-refractivity contribution in [2.45, 2.75) is 44.6 Å². The van der Waals surface area contributed by atoms with Gasteiger partial charge in [-0.05, 0) is 55.9 Å². The molecule has 2 heterocycles. The lowest BCUT2D eigenvalue weighted by Crippen LogP contribution is -2.45. The van der Waals surface area contributed by atoms with Crippen molar-refractivity contribution in [3.8, 4) is 0 Å². The van der Waals surface area contributed by atoms with Crippen LogP contribution in [-0.2, 0) is 22.4 Å². The highest BCUT2D eigenvalue weighted by Crippen LogP contribution is 2.33. The maximum Gasteiger partial charge on any atom is 0.249 e. The van der Waals surface area contributed by atoms with Gasteiger partial charge in [0.2, 0.25) is 11.8 Å². The van der Waals surface area contributed by atoms with Gasteiger partial charge in [-0.25, -0.2) is 4.98 Å². The van der Waals surface area contributed by atoms with Gasteiger partial charge in [0, 0.05) is 41.2 Å². The molecule has 0 spiro atoms. The second kappa shape index (κ2) is 13.1. The van der Waals surface area contributed by atoms with Crippen LogP contribution in [0.1, 0.15) is 36.9 Å². The molecule has 9 heteroatoms. The average Bonchev–Trinajstić information content (AvgIpc) is 3.36. The van der Waals surface area contributed by atoms with Crippen molar-refractivity contribution in [2.24, 2.45) is 0 Å². The van der Waals surface area contributed by atoms with Gasteiger partial charge in [-0.3, -0.25) is 14.6 Å². The van der Waals surface area contributed by atoms with E-state index < -0.39 is 6.04 Å². The van der Waals surface area contributed by atoms with E-state index in [9.17, 15) is 9.59 Å². The van der Waals surface area contributed by atoms with Crippen LogP contribution in [0.2, 0.25) is 0 Å². The Hall–Kier alpha value is -3.43. The summed E-state index contributed by atoms with van der Waals surface area (Å²) in [5, 5.41) is 11.1. The first-order chi connectivity index (χ1) is 19.1. The summed E-state index contributed by atoms with van der Waals surface area (Å²) >= 11 is 2.98. The Balaban J connectivity index is 1.18. The zero-order valence-electron chi connectivity index (χ0n) is 21.9. The SMILES string of the molecule is C=CCSCC(NC(=O)CCCNc1c2c(nc3ccccc13)CCCC2)C(=O)Nc1nc2ccccc2s1. The van der Waals surface area contributed by atoms with Gasteiger partial charge < -0.3 is 16.0 Å². The first-order valence-corrected chi connectivity index (χ1v) is 15.4. The van der Waals surface area contributed by atoms with Crippen LogP contribution >= 0.6 is 23.1 Å². The zero-order valence-corrected chi connectivity index (χ0v) is 23.5. The largest absolute Gasteiger partial charge is 0.384 e. The van der Waals surface area contributed by atoms with Crippen molar-refractivity contribution in [1.82, 2.24) is 15.3 Å². The van der Waals surface area contributed by atoms with E-state index in [1.807, 2.05) is 36.4 Å². The number of nitrogens with one attached hydrogen (secondary N) is 3. The summed E-state index contributed by atoms with van der Waals surface area (Å²) in [5.74, 6) is 0.769. The first kappa shape index (κ1) is 27.1. The number of nitrogens with zero attached hydrogens (tertiary/aromatic N) is 2. The van der Waals surface area contributed by atoms with Crippen molar-refractivity contribution in [3.63, 3.8) is 0 Å². The van der Waals surface area contributed by atoms with Crippen LogP contribution in [0.4, 0.5) is 10.8 Å². The molecular formula is C30H33N5O2S2. The summed E-state index contributed by atoms with van der Waals surface area (Å²) in [5.41, 5.74) is 5.52. The highest BCUT2D eigenvalue weighted by molar-refractivity contribution is 7.99. The fraction of sp³-hybridized carbons (Fsp3) is 0.333. The maximum absolute atomic E-state index is 13.1. The summed E-state index contributed by atoms with van der Waals surface area (Å²) in [4.78, 5) is 35.3. The van der Waals surface area contributed by atoms with Crippen LogP contribution in [-0.4, -0.2) is 45.9 Å². The molecule has 0 aliphatic heterocycles. The molecule has 39 heavy (non-hydrogen) atoms. The summed E-state index contributed by atoms with van der Waals surface area (Å²) < 4.78 is 1.00. The van der Waals surface area contributed by atoms with E-state index in [0.717, 1.165) is 39.6 Å². The minimum Gasteiger partial charge on any atom is -0.384 e. The first-order valence-electron chi connectivity index (χ1n) is 13.4. The Morgan fingerprint density at radius 3 is 2.69 bits per heavy atom. The molecule has 3 N–H and O–H groups in total. The number of carbonyl (C=O) groups excluding carboxylic acids is 2. The molecule has 0 saturated carbocycles. The van der Waals surface area contributed by atoms with E-state index >= 15 is 0 Å². The molecule has 2 aromatic heterocycles. The van der Waals surface area contributed by atoms with Crippen LogP contribution in [0.3, 0.4) is 0 Å². The van der Waals surface area contributed by atoms with Crippen molar-refractivity contribution in [3.05, 3.63) is 72.4 Å². The lowest BCUT2D eigenvalue weighted by Gasteiger charge is -2.22. The fourth-order valence-electron chi connectivity index (χ4n) is 4.87. The van der Waals surface area contributed by atoms with Gasteiger partial charge in [-0.1, -0.05) is 47.7 Å². The van der Waals surface area contributed by atoms with Crippen molar-refractivity contribution in [2.75, 3.05) is 28.7 Å². The average molecular weight is 560 g/mol. The second-order valence-corrected chi connectivity index (χ2v) is 11.7. The van der Waals surface area contributed by atoms with Crippen molar-refractivity contribution >= 4 is 66.9 Å². The Labute approximate surface area is 236 Å². The van der Waals surface area contributed by atoms with Gasteiger partial charge in [0.1, 0.15) is 6.04 Å². The number of carbonyl (C=O) groups is 2. The topological polar surface area (TPSA) is 96.0 Å². The predicted octanol–water partition coefficient (Wildman–Crippen LogP) is 5.96. The number of thioether (sulfide) groups is 1. The quantitative estimate of drug-likeness (QED) is 0.146. The fourth-order valence-corrected chi connectivity index (χ4v) is 6.52. The standard InChI is InChI=1S/C30H33N5O2S2/c1-2-18-38-19-25(29(37)35-30-34-24-14-7-8-15-26(24)39-30)33-27(36)16-9-17-31-28-20-10-3-5-12-22(20)32-23-13-6-4-11-21(23)28/h2-3,5,7-8,10,12,14-15,25H,1,4,6,9,11,13,16-19H2,(H,31,32)(H,33,36)(H,34,35,37). The van der Waals surface area contributed by atoms with Crippen LogP contribution in [0, 0.1) is 0 Å². The number of fused-ring (bicyclic) bond motifs is 3. The number of aryl methyl sites for hydroxylation is 1. The second-order valence-electron chi connectivity index (χ2n) is 9.59. The van der Waals surface area contributed by atoms with Crippen molar-refractivity contribution < 1.29 is 9.59 Å². The van der Waals surface area contributed by atoms with Gasteiger partial charge in [0.25, 0.3) is 0 Å². The number of amides is 2. The number of para-hydroxylation sites is 2. The monoisotopic (exact) mass is 559 g/mol. The number of rotatable bonds is 12. The molecule has 1 aliphatic rings. The van der Waals surface area contributed by atoms with E-state index in [-0.39, 0.29) is 11.8 Å². The van der Waals surface area contributed by atoms with E-state index in [1.54, 1.807) is 17.8 Å². The Bertz CT molecular complexity index is 1450. The molecular weight excluding hydrogens is 526 g/mol. The molecule has 2 aromatic carbocycles. The van der Waals surface area contributed by atoms with E-state index in [2.05, 4.69) is 39.6 Å². The number of hydrogen-bond acceptors (Lipinski definition) is 7. The van der Waals surface area contributed by atoms with Crippen LogP contribution in [0.15, 0.2) is 61.2 Å². The third kappa shape index (κ3) is 6.78. The summed E-state index contributed by atoms with van der Waals surface area (Å²) in [7, 11) is 0. The Kier molecular flexibility index (Phi) is 9.11. The van der Waals surface area contributed by atoms with E-state index in [4.69, 9.17) is 4.98 Å². The Morgan fingerprint density at radius 2 is 1.85 bits per heavy atom.